The summed E-state index contributed by atoms with van der Waals surface area (Å²) >= 11 is 0. The maximum Gasteiger partial charge on any atom is 0.252 e. The lowest BCUT2D eigenvalue weighted by molar-refractivity contribution is -0.124. The molecule has 0 saturated carbocycles. The standard InChI is InChI=1S/C24H32N2O5/c1-6-31-15-18-10-8-7-9-17(18)14-25-24(28)22(16(2)3)26-23(27)19-11-20(29-4)13-21(12-19)30-5/h7-13,16,22H,6,14-15H2,1-5H3,(H,25,28)(H,26,27). The van der Waals surface area contributed by atoms with Gasteiger partial charge in [0.2, 0.25) is 5.91 Å². The van der Waals surface area contributed by atoms with Gasteiger partial charge >= 0.3 is 0 Å². The van der Waals surface area contributed by atoms with E-state index in [2.05, 4.69) is 10.6 Å². The highest BCUT2D eigenvalue weighted by molar-refractivity contribution is 5.98. The van der Waals surface area contributed by atoms with E-state index in [1.807, 2.05) is 45.0 Å². The number of benzene rings is 2. The van der Waals surface area contributed by atoms with Gasteiger partial charge in [-0.25, -0.2) is 0 Å². The van der Waals surface area contributed by atoms with Crippen molar-refractivity contribution in [2.45, 2.75) is 40.0 Å². The van der Waals surface area contributed by atoms with Crippen molar-refractivity contribution in [2.24, 2.45) is 5.92 Å². The summed E-state index contributed by atoms with van der Waals surface area (Å²) < 4.78 is 16.0. The zero-order chi connectivity index (χ0) is 22.8. The third kappa shape index (κ3) is 7.00. The van der Waals surface area contributed by atoms with Gasteiger partial charge in [-0.2, -0.15) is 0 Å². The van der Waals surface area contributed by atoms with Gasteiger partial charge in [0.1, 0.15) is 17.5 Å². The molecule has 0 aromatic heterocycles. The van der Waals surface area contributed by atoms with E-state index in [9.17, 15) is 9.59 Å². The van der Waals surface area contributed by atoms with Crippen LogP contribution in [0.5, 0.6) is 11.5 Å². The Labute approximate surface area is 184 Å². The van der Waals surface area contributed by atoms with Gasteiger partial charge in [0.25, 0.3) is 5.91 Å². The number of amides is 2. The van der Waals surface area contributed by atoms with Crippen LogP contribution in [-0.4, -0.2) is 38.7 Å². The van der Waals surface area contributed by atoms with Gasteiger partial charge in [0.15, 0.2) is 0 Å². The van der Waals surface area contributed by atoms with Gasteiger partial charge in [-0.1, -0.05) is 38.1 Å². The van der Waals surface area contributed by atoms with Gasteiger partial charge < -0.3 is 24.8 Å². The lowest BCUT2D eigenvalue weighted by Crippen LogP contribution is -2.49. The second-order valence-corrected chi connectivity index (χ2v) is 7.42. The van der Waals surface area contributed by atoms with Crippen molar-refractivity contribution < 1.29 is 23.8 Å². The molecule has 168 valence electrons. The second kappa shape index (κ2) is 12.0. The molecule has 0 heterocycles. The van der Waals surface area contributed by atoms with E-state index in [4.69, 9.17) is 14.2 Å². The van der Waals surface area contributed by atoms with Crippen molar-refractivity contribution in [3.05, 3.63) is 59.2 Å². The highest BCUT2D eigenvalue weighted by atomic mass is 16.5. The molecule has 2 N–H and O–H groups in total. The maximum absolute atomic E-state index is 12.9. The first-order valence-corrected chi connectivity index (χ1v) is 10.4. The molecule has 0 fully saturated rings. The van der Waals surface area contributed by atoms with Crippen LogP contribution in [0.3, 0.4) is 0 Å². The Morgan fingerprint density at radius 2 is 1.58 bits per heavy atom. The van der Waals surface area contributed by atoms with Gasteiger partial charge in [0, 0.05) is 24.8 Å². The Kier molecular flexibility index (Phi) is 9.34. The first-order valence-electron chi connectivity index (χ1n) is 10.4. The minimum Gasteiger partial charge on any atom is -0.497 e. The highest BCUT2D eigenvalue weighted by Crippen LogP contribution is 2.22. The molecule has 0 aliphatic carbocycles. The van der Waals surface area contributed by atoms with Crippen LogP contribution in [0, 0.1) is 5.92 Å². The number of carbonyl (C=O) groups excluding carboxylic acids is 2. The normalized spacial score (nSPS) is 11.7. The average Bonchev–Trinajstić information content (AvgIpc) is 2.79. The Bertz CT molecular complexity index is 860. The lowest BCUT2D eigenvalue weighted by atomic mass is 10.0. The van der Waals surface area contributed by atoms with Crippen LogP contribution >= 0.6 is 0 Å². The third-order valence-electron chi connectivity index (χ3n) is 4.88. The van der Waals surface area contributed by atoms with Crippen LogP contribution in [0.25, 0.3) is 0 Å². The van der Waals surface area contributed by atoms with Gasteiger partial charge in [-0.05, 0) is 36.1 Å². The fourth-order valence-electron chi connectivity index (χ4n) is 3.07. The Hall–Kier alpha value is -3.06. The van der Waals surface area contributed by atoms with Crippen LogP contribution in [0.1, 0.15) is 42.3 Å². The van der Waals surface area contributed by atoms with Gasteiger partial charge in [-0.3, -0.25) is 9.59 Å². The summed E-state index contributed by atoms with van der Waals surface area (Å²) in [6, 6.07) is 12.0. The molecule has 2 aromatic carbocycles. The molecule has 0 radical (unpaired) electrons. The molecule has 7 heteroatoms. The quantitative estimate of drug-likeness (QED) is 0.574. The highest BCUT2D eigenvalue weighted by Gasteiger charge is 2.25. The van der Waals surface area contributed by atoms with Crippen LogP contribution < -0.4 is 20.1 Å². The molecule has 0 aliphatic heterocycles. The molecule has 2 amide bonds. The maximum atomic E-state index is 12.9. The summed E-state index contributed by atoms with van der Waals surface area (Å²) in [6.45, 7) is 7.19. The largest absolute Gasteiger partial charge is 0.497 e. The predicted octanol–water partition coefficient (Wildman–Crippen LogP) is 3.31. The number of carbonyl (C=O) groups is 2. The molecule has 1 unspecified atom stereocenters. The molecule has 0 saturated heterocycles. The Morgan fingerprint density at radius 1 is 0.968 bits per heavy atom. The fourth-order valence-corrected chi connectivity index (χ4v) is 3.07. The number of rotatable bonds is 11. The zero-order valence-corrected chi connectivity index (χ0v) is 18.9. The van der Waals surface area contributed by atoms with E-state index in [-0.39, 0.29) is 17.7 Å². The molecule has 7 nitrogen and oxygen atoms in total. The summed E-state index contributed by atoms with van der Waals surface area (Å²) in [5.74, 6) is 0.282. The molecule has 0 bridgehead atoms. The van der Waals surface area contributed by atoms with E-state index in [0.717, 1.165) is 11.1 Å². The summed E-state index contributed by atoms with van der Waals surface area (Å²) in [5, 5.41) is 5.77. The van der Waals surface area contributed by atoms with E-state index in [0.29, 0.717) is 36.8 Å². The van der Waals surface area contributed by atoms with Crippen molar-refractivity contribution in [1.82, 2.24) is 10.6 Å². The molecule has 31 heavy (non-hydrogen) atoms. The van der Waals surface area contributed by atoms with Gasteiger partial charge in [-0.15, -0.1) is 0 Å². The Balaban J connectivity index is 2.09. The van der Waals surface area contributed by atoms with Crippen molar-refractivity contribution in [2.75, 3.05) is 20.8 Å². The molecule has 2 rings (SSSR count). The molecule has 2 aromatic rings. The summed E-state index contributed by atoms with van der Waals surface area (Å²) in [7, 11) is 3.04. The minimum absolute atomic E-state index is 0.102. The van der Waals surface area contributed by atoms with Crippen molar-refractivity contribution >= 4 is 11.8 Å². The number of hydrogen-bond acceptors (Lipinski definition) is 5. The predicted molar refractivity (Wildman–Crippen MR) is 119 cm³/mol. The average molecular weight is 429 g/mol. The van der Waals surface area contributed by atoms with Crippen LogP contribution in [-0.2, 0) is 22.7 Å². The van der Waals surface area contributed by atoms with Crippen LogP contribution in [0.15, 0.2) is 42.5 Å². The number of hydrogen-bond donors (Lipinski definition) is 2. The van der Waals surface area contributed by atoms with Crippen LogP contribution in [0.2, 0.25) is 0 Å². The molecular weight excluding hydrogens is 396 g/mol. The number of methoxy groups -OCH3 is 2. The fraction of sp³-hybridized carbons (Fsp3) is 0.417. The van der Waals surface area contributed by atoms with Crippen molar-refractivity contribution in [1.29, 1.82) is 0 Å². The Morgan fingerprint density at radius 3 is 2.13 bits per heavy atom. The first kappa shape index (κ1) is 24.2. The summed E-state index contributed by atoms with van der Waals surface area (Å²) in [6.07, 6.45) is 0. The van der Waals surface area contributed by atoms with Crippen molar-refractivity contribution in [3.8, 4) is 11.5 Å². The lowest BCUT2D eigenvalue weighted by Gasteiger charge is -2.22. The molecule has 0 spiro atoms. The summed E-state index contributed by atoms with van der Waals surface area (Å²) in [5.41, 5.74) is 2.37. The minimum atomic E-state index is -0.691. The van der Waals surface area contributed by atoms with E-state index in [1.54, 1.807) is 18.2 Å². The monoisotopic (exact) mass is 428 g/mol. The second-order valence-electron chi connectivity index (χ2n) is 7.42. The molecule has 0 aliphatic rings. The van der Waals surface area contributed by atoms with Gasteiger partial charge in [0.05, 0.1) is 20.8 Å². The van der Waals surface area contributed by atoms with Crippen LogP contribution in [0.4, 0.5) is 0 Å². The van der Waals surface area contributed by atoms with E-state index >= 15 is 0 Å². The SMILES string of the molecule is CCOCc1ccccc1CNC(=O)C(NC(=O)c1cc(OC)cc(OC)c1)C(C)C. The third-order valence-corrected chi connectivity index (χ3v) is 4.88. The van der Waals surface area contributed by atoms with E-state index in [1.165, 1.54) is 14.2 Å². The number of ether oxygens (including phenoxy) is 3. The smallest absolute Gasteiger partial charge is 0.252 e. The first-order chi connectivity index (χ1) is 14.9. The number of nitrogens with one attached hydrogen (secondary N) is 2. The summed E-state index contributed by atoms with van der Waals surface area (Å²) in [4.78, 5) is 25.7. The van der Waals surface area contributed by atoms with Crippen molar-refractivity contribution in [3.63, 3.8) is 0 Å². The zero-order valence-electron chi connectivity index (χ0n) is 18.9. The molecule has 1 atom stereocenters. The molecular formula is C24H32N2O5. The van der Waals surface area contributed by atoms with E-state index < -0.39 is 6.04 Å². The topological polar surface area (TPSA) is 85.9 Å².